The molecule has 1 unspecified atom stereocenters. The van der Waals surface area contributed by atoms with Crippen LogP contribution in [0.2, 0.25) is 5.02 Å². The molecule has 2 amide bonds. The molecule has 1 spiro atoms. The van der Waals surface area contributed by atoms with Crippen LogP contribution in [0.3, 0.4) is 0 Å². The molecule has 0 radical (unpaired) electrons. The number of nitrogens with zero attached hydrogens (tertiary/aromatic N) is 2. The lowest BCUT2D eigenvalue weighted by molar-refractivity contribution is -0.159. The van der Waals surface area contributed by atoms with Crippen molar-refractivity contribution in [1.82, 2.24) is 4.90 Å². The number of ether oxygens (including phenoxy) is 2. The van der Waals surface area contributed by atoms with Gasteiger partial charge in [0.15, 0.2) is 0 Å². The summed E-state index contributed by atoms with van der Waals surface area (Å²) < 4.78 is 12.1. The van der Waals surface area contributed by atoms with E-state index >= 15 is 0 Å². The summed E-state index contributed by atoms with van der Waals surface area (Å²) in [7, 11) is 0. The molecule has 2 saturated heterocycles. The Morgan fingerprint density at radius 3 is 2.69 bits per heavy atom. The molecular weight excluding hydrogens is 472 g/mol. The third-order valence-corrected chi connectivity index (χ3v) is 7.84. The third-order valence-electron chi connectivity index (χ3n) is 7.54. The Bertz CT molecular complexity index is 1110. The quantitative estimate of drug-likeness (QED) is 0.504. The zero-order chi connectivity index (χ0) is 25.0. The van der Waals surface area contributed by atoms with Crippen LogP contribution in [0.4, 0.5) is 5.69 Å². The van der Waals surface area contributed by atoms with Crippen molar-refractivity contribution in [3.05, 3.63) is 53.1 Å². The molecule has 4 aliphatic heterocycles. The van der Waals surface area contributed by atoms with E-state index in [-0.39, 0.29) is 38.1 Å². The number of carbonyl (C=O) groups excluding carboxylic acids is 3. The molecule has 0 saturated carbocycles. The molecule has 2 fully saturated rings. The number of anilines is 1. The number of rotatable bonds is 4. The second-order valence-corrected chi connectivity index (χ2v) is 10.1. The van der Waals surface area contributed by atoms with Gasteiger partial charge in [0, 0.05) is 19.7 Å². The number of likely N-dealkylation sites (tertiary alicyclic amines) is 1. The minimum atomic E-state index is -1.36. The van der Waals surface area contributed by atoms with Crippen LogP contribution in [0.25, 0.3) is 0 Å². The standard InChI is InChI=1S/C26H29ClN2O6/c1-16-8-5-9-17(27)20(16)28-12-6-11-26-18(22(31)29(13-7-14-30)21(26)23(28)32)19-24(33)34-15-4-3-10-25(19,2)35-26/h3,5-6,8-11,18-19,21,30H,4,7,12-15H2,1-2H3/t18-,19-,21?,25+,26-/m0/s1. The van der Waals surface area contributed by atoms with Gasteiger partial charge in [0.05, 0.1) is 28.8 Å². The zero-order valence-electron chi connectivity index (χ0n) is 19.8. The van der Waals surface area contributed by atoms with Crippen molar-refractivity contribution in [1.29, 1.82) is 0 Å². The molecule has 5 rings (SSSR count). The molecule has 8 nitrogen and oxygen atoms in total. The van der Waals surface area contributed by atoms with E-state index in [4.69, 9.17) is 21.1 Å². The number of hydrogen-bond donors (Lipinski definition) is 1. The normalized spacial score (nSPS) is 34.2. The van der Waals surface area contributed by atoms with Gasteiger partial charge >= 0.3 is 5.97 Å². The number of aliphatic hydroxyl groups is 1. The van der Waals surface area contributed by atoms with Crippen LogP contribution >= 0.6 is 11.6 Å². The topological polar surface area (TPSA) is 96.4 Å². The number of carbonyl (C=O) groups is 3. The lowest BCUT2D eigenvalue weighted by atomic mass is 9.74. The number of amides is 2. The number of halogens is 1. The van der Waals surface area contributed by atoms with E-state index in [0.717, 1.165) is 5.56 Å². The summed E-state index contributed by atoms with van der Waals surface area (Å²) in [5.74, 6) is -3.02. The van der Waals surface area contributed by atoms with E-state index in [1.54, 1.807) is 24.0 Å². The van der Waals surface area contributed by atoms with Gasteiger partial charge in [0.1, 0.15) is 17.6 Å². The van der Waals surface area contributed by atoms with Gasteiger partial charge in [0.25, 0.3) is 5.91 Å². The molecule has 9 heteroatoms. The number of cyclic esters (lactones) is 1. The molecule has 1 aromatic rings. The minimum Gasteiger partial charge on any atom is -0.465 e. The second-order valence-electron chi connectivity index (χ2n) is 9.72. The SMILES string of the molecule is Cc1cccc(Cl)c1N1CC=C[C@]23O[C@]4(C)C=CCCOC(=O)[C@@H]4[C@H]2C(=O)N(CCCO)C3C1=O. The first kappa shape index (κ1) is 24.0. The lowest BCUT2D eigenvalue weighted by Gasteiger charge is -2.38. The largest absolute Gasteiger partial charge is 0.465 e. The summed E-state index contributed by atoms with van der Waals surface area (Å²) in [5.41, 5.74) is -1.07. The lowest BCUT2D eigenvalue weighted by Crippen LogP contribution is -2.56. The van der Waals surface area contributed by atoms with Crippen LogP contribution in [0.1, 0.15) is 25.3 Å². The minimum absolute atomic E-state index is 0.141. The van der Waals surface area contributed by atoms with Gasteiger partial charge in [-0.15, -0.1) is 0 Å². The predicted octanol–water partition coefficient (Wildman–Crippen LogP) is 2.41. The molecule has 4 heterocycles. The number of benzene rings is 1. The smallest absolute Gasteiger partial charge is 0.313 e. The number of hydrogen-bond acceptors (Lipinski definition) is 6. The van der Waals surface area contributed by atoms with E-state index < -0.39 is 35.0 Å². The van der Waals surface area contributed by atoms with E-state index in [1.165, 1.54) is 4.90 Å². The Morgan fingerprint density at radius 1 is 1.14 bits per heavy atom. The third kappa shape index (κ3) is 3.53. The van der Waals surface area contributed by atoms with Crippen LogP contribution in [0.5, 0.6) is 0 Å². The number of para-hydroxylation sites is 1. The van der Waals surface area contributed by atoms with Crippen molar-refractivity contribution < 1.29 is 29.0 Å². The first-order valence-electron chi connectivity index (χ1n) is 12.0. The van der Waals surface area contributed by atoms with Crippen molar-refractivity contribution in [3.63, 3.8) is 0 Å². The number of aryl methyl sites for hydroxylation is 1. The first-order chi connectivity index (χ1) is 16.7. The van der Waals surface area contributed by atoms with E-state index in [9.17, 15) is 19.5 Å². The fourth-order valence-electron chi connectivity index (χ4n) is 6.13. The maximum Gasteiger partial charge on any atom is 0.313 e. The van der Waals surface area contributed by atoms with E-state index in [0.29, 0.717) is 23.6 Å². The van der Waals surface area contributed by atoms with Gasteiger partial charge in [-0.05, 0) is 38.3 Å². The van der Waals surface area contributed by atoms with Gasteiger partial charge in [-0.2, -0.15) is 0 Å². The molecule has 35 heavy (non-hydrogen) atoms. The molecule has 186 valence electrons. The highest BCUT2D eigenvalue weighted by Gasteiger charge is 2.74. The number of fused-ring (bicyclic) bond motifs is 2. The fourth-order valence-corrected chi connectivity index (χ4v) is 6.46. The Morgan fingerprint density at radius 2 is 1.94 bits per heavy atom. The summed E-state index contributed by atoms with van der Waals surface area (Å²) in [6.07, 6.45) is 8.14. The molecule has 0 aliphatic carbocycles. The number of esters is 1. The molecule has 0 aromatic heterocycles. The molecule has 5 atom stereocenters. The Kier molecular flexibility index (Phi) is 6.02. The van der Waals surface area contributed by atoms with Gasteiger partial charge < -0.3 is 24.4 Å². The summed E-state index contributed by atoms with van der Waals surface area (Å²) in [5, 5.41) is 9.92. The average Bonchev–Trinajstić information content (AvgIpc) is 3.12. The summed E-state index contributed by atoms with van der Waals surface area (Å²) >= 11 is 6.53. The summed E-state index contributed by atoms with van der Waals surface area (Å²) in [4.78, 5) is 44.4. The molecule has 4 aliphatic rings. The van der Waals surface area contributed by atoms with Gasteiger partial charge in [0.2, 0.25) is 5.91 Å². The van der Waals surface area contributed by atoms with Gasteiger partial charge in [-0.3, -0.25) is 14.4 Å². The fraction of sp³-hybridized carbons (Fsp3) is 0.500. The van der Waals surface area contributed by atoms with Gasteiger partial charge in [-0.1, -0.05) is 48.0 Å². The molecule has 0 bridgehead atoms. The Hall–Kier alpha value is -2.68. The zero-order valence-corrected chi connectivity index (χ0v) is 20.5. The summed E-state index contributed by atoms with van der Waals surface area (Å²) in [6.45, 7) is 4.13. The highest BCUT2D eigenvalue weighted by atomic mass is 35.5. The van der Waals surface area contributed by atoms with Gasteiger partial charge in [-0.25, -0.2) is 0 Å². The predicted molar refractivity (Wildman–Crippen MR) is 129 cm³/mol. The molecule has 1 N–H and O–H groups in total. The van der Waals surface area contributed by atoms with E-state index in [2.05, 4.69) is 0 Å². The number of aliphatic hydroxyl groups excluding tert-OH is 1. The van der Waals surface area contributed by atoms with Crippen LogP contribution in [0, 0.1) is 18.8 Å². The van der Waals surface area contributed by atoms with Crippen LogP contribution in [0.15, 0.2) is 42.5 Å². The summed E-state index contributed by atoms with van der Waals surface area (Å²) in [6, 6.07) is 4.40. The monoisotopic (exact) mass is 500 g/mol. The van der Waals surface area contributed by atoms with Crippen molar-refractivity contribution in [3.8, 4) is 0 Å². The van der Waals surface area contributed by atoms with Crippen molar-refractivity contribution in [2.24, 2.45) is 11.8 Å². The maximum atomic E-state index is 14.3. The van der Waals surface area contributed by atoms with Crippen LogP contribution in [-0.2, 0) is 23.9 Å². The molecular formula is C26H29ClN2O6. The highest BCUT2D eigenvalue weighted by molar-refractivity contribution is 6.34. The van der Waals surface area contributed by atoms with Crippen molar-refractivity contribution >= 4 is 35.1 Å². The Labute approximate surface area is 209 Å². The van der Waals surface area contributed by atoms with Crippen molar-refractivity contribution in [2.75, 3.05) is 31.2 Å². The van der Waals surface area contributed by atoms with Crippen LogP contribution < -0.4 is 4.90 Å². The first-order valence-corrected chi connectivity index (χ1v) is 12.3. The van der Waals surface area contributed by atoms with Crippen LogP contribution in [-0.4, -0.2) is 71.3 Å². The highest BCUT2D eigenvalue weighted by Crippen LogP contribution is 2.57. The average molecular weight is 501 g/mol. The maximum absolute atomic E-state index is 14.3. The Balaban J connectivity index is 1.66. The van der Waals surface area contributed by atoms with Crippen molar-refractivity contribution in [2.45, 2.75) is 43.9 Å². The second kappa shape index (κ2) is 8.76. The van der Waals surface area contributed by atoms with E-state index in [1.807, 2.05) is 37.3 Å². The molecule has 1 aromatic carbocycles.